The highest BCUT2D eigenvalue weighted by Crippen LogP contribution is 2.21. The van der Waals surface area contributed by atoms with Crippen LogP contribution in [0.5, 0.6) is 5.75 Å². The largest absolute Gasteiger partial charge is 0.422 e. The smallest absolute Gasteiger partial charge is 0.359 e. The quantitative estimate of drug-likeness (QED) is 0.505. The molecule has 3 aromatic rings. The molecule has 1 N–H and O–H groups in total. The Morgan fingerprint density at radius 2 is 1.48 bits per heavy atom. The van der Waals surface area contributed by atoms with Crippen molar-refractivity contribution < 1.29 is 19.1 Å². The molecular formula is C24H19N3O4. The van der Waals surface area contributed by atoms with Gasteiger partial charge in [-0.05, 0) is 48.5 Å². The van der Waals surface area contributed by atoms with Crippen molar-refractivity contribution in [1.29, 1.82) is 0 Å². The maximum Gasteiger partial charge on any atom is 0.359 e. The molecule has 0 radical (unpaired) electrons. The molecule has 0 saturated carbocycles. The number of benzene rings is 3. The van der Waals surface area contributed by atoms with Gasteiger partial charge in [-0.2, -0.15) is 5.10 Å². The normalized spacial score (nSPS) is 13.4. The summed E-state index contributed by atoms with van der Waals surface area (Å²) >= 11 is 0. The van der Waals surface area contributed by atoms with Crippen LogP contribution in [0.3, 0.4) is 0 Å². The van der Waals surface area contributed by atoms with Crippen molar-refractivity contribution in [3.8, 4) is 5.75 Å². The molecule has 0 atom stereocenters. The van der Waals surface area contributed by atoms with E-state index in [9.17, 15) is 14.4 Å². The Hall–Kier alpha value is -4.26. The summed E-state index contributed by atoms with van der Waals surface area (Å²) in [7, 11) is 0. The Balaban J connectivity index is 1.41. The second-order valence-electron chi connectivity index (χ2n) is 6.82. The first-order chi connectivity index (χ1) is 15.1. The van der Waals surface area contributed by atoms with E-state index >= 15 is 0 Å². The number of rotatable bonds is 5. The van der Waals surface area contributed by atoms with E-state index in [1.54, 1.807) is 72.8 Å². The summed E-state index contributed by atoms with van der Waals surface area (Å²) in [6.07, 6.45) is 0.388. The zero-order chi connectivity index (χ0) is 21.6. The number of hydrazone groups is 1. The molecule has 0 unspecified atom stereocenters. The molecule has 0 spiro atoms. The highest BCUT2D eigenvalue weighted by molar-refractivity contribution is 6.38. The Kier molecular flexibility index (Phi) is 5.84. The van der Waals surface area contributed by atoms with Crippen LogP contribution in [0.25, 0.3) is 0 Å². The molecule has 7 nitrogen and oxygen atoms in total. The minimum Gasteiger partial charge on any atom is -0.422 e. The minimum atomic E-state index is -0.616. The molecule has 3 aromatic carbocycles. The third kappa shape index (κ3) is 4.84. The lowest BCUT2D eigenvalue weighted by atomic mass is 10.1. The van der Waals surface area contributed by atoms with Crippen molar-refractivity contribution in [2.75, 3.05) is 10.3 Å². The van der Waals surface area contributed by atoms with Crippen LogP contribution >= 0.6 is 0 Å². The van der Waals surface area contributed by atoms with Crippen molar-refractivity contribution >= 4 is 34.9 Å². The van der Waals surface area contributed by atoms with Crippen LogP contribution in [-0.2, 0) is 9.59 Å². The lowest BCUT2D eigenvalue weighted by Crippen LogP contribution is -2.35. The van der Waals surface area contributed by atoms with E-state index in [4.69, 9.17) is 4.74 Å². The van der Waals surface area contributed by atoms with Gasteiger partial charge in [-0.1, -0.05) is 36.4 Å². The maximum absolute atomic E-state index is 12.5. The van der Waals surface area contributed by atoms with E-state index in [1.165, 1.54) is 5.01 Å². The Labute approximate surface area is 179 Å². The van der Waals surface area contributed by atoms with E-state index in [2.05, 4.69) is 10.4 Å². The molecule has 7 heteroatoms. The van der Waals surface area contributed by atoms with Crippen molar-refractivity contribution in [2.24, 2.45) is 5.10 Å². The molecule has 4 rings (SSSR count). The van der Waals surface area contributed by atoms with Crippen molar-refractivity contribution in [2.45, 2.75) is 12.8 Å². The second kappa shape index (κ2) is 9.04. The SMILES string of the molecule is O=C(Oc1ccc(NC(=O)c2ccccc2)cc1)C1=NN(c2ccccc2)C(=O)CC1. The second-order valence-corrected chi connectivity index (χ2v) is 6.82. The van der Waals surface area contributed by atoms with Gasteiger partial charge in [0.25, 0.3) is 5.91 Å². The topological polar surface area (TPSA) is 88.1 Å². The van der Waals surface area contributed by atoms with Crippen LogP contribution in [0.2, 0.25) is 0 Å². The summed E-state index contributed by atoms with van der Waals surface area (Å²) in [4.78, 5) is 36.9. The number of amides is 2. The van der Waals surface area contributed by atoms with Gasteiger partial charge < -0.3 is 10.1 Å². The number of carbonyl (C=O) groups is 3. The predicted octanol–water partition coefficient (Wildman–Crippen LogP) is 4.03. The molecule has 0 fully saturated rings. The van der Waals surface area contributed by atoms with Crippen LogP contribution in [0.4, 0.5) is 11.4 Å². The van der Waals surface area contributed by atoms with Crippen molar-refractivity contribution in [1.82, 2.24) is 0 Å². The molecule has 154 valence electrons. The summed E-state index contributed by atoms with van der Waals surface area (Å²) in [6, 6.07) is 24.2. The number of para-hydroxylation sites is 1. The first-order valence-electron chi connectivity index (χ1n) is 9.74. The number of hydrogen-bond acceptors (Lipinski definition) is 5. The predicted molar refractivity (Wildman–Crippen MR) is 117 cm³/mol. The van der Waals surface area contributed by atoms with Gasteiger partial charge in [0.2, 0.25) is 5.91 Å². The summed E-state index contributed by atoms with van der Waals surface area (Å²) in [5.41, 5.74) is 1.89. The van der Waals surface area contributed by atoms with Gasteiger partial charge in [-0.15, -0.1) is 0 Å². The number of nitrogens with one attached hydrogen (secondary N) is 1. The Morgan fingerprint density at radius 1 is 0.839 bits per heavy atom. The molecule has 1 heterocycles. The van der Waals surface area contributed by atoms with Gasteiger partial charge in [0.15, 0.2) is 0 Å². The maximum atomic E-state index is 12.5. The molecule has 0 aliphatic carbocycles. The molecule has 2 amide bonds. The van der Waals surface area contributed by atoms with E-state index in [1.807, 2.05) is 12.1 Å². The molecule has 0 bridgehead atoms. The molecule has 31 heavy (non-hydrogen) atoms. The first kappa shape index (κ1) is 20.0. The monoisotopic (exact) mass is 413 g/mol. The van der Waals surface area contributed by atoms with Crippen molar-refractivity contribution in [3.63, 3.8) is 0 Å². The summed E-state index contributed by atoms with van der Waals surface area (Å²) in [6.45, 7) is 0. The van der Waals surface area contributed by atoms with Crippen LogP contribution < -0.4 is 15.1 Å². The number of anilines is 2. The number of hydrogen-bond donors (Lipinski definition) is 1. The average Bonchev–Trinajstić information content (AvgIpc) is 2.81. The Bertz CT molecular complexity index is 1130. The third-order valence-electron chi connectivity index (χ3n) is 4.63. The minimum absolute atomic E-state index is 0.171. The van der Waals surface area contributed by atoms with E-state index in [-0.39, 0.29) is 30.4 Å². The molecule has 0 saturated heterocycles. The van der Waals surface area contributed by atoms with Crippen molar-refractivity contribution in [3.05, 3.63) is 90.5 Å². The fourth-order valence-corrected chi connectivity index (χ4v) is 3.04. The zero-order valence-electron chi connectivity index (χ0n) is 16.5. The molecule has 1 aliphatic rings. The van der Waals surface area contributed by atoms with Crippen LogP contribution in [0.1, 0.15) is 23.2 Å². The van der Waals surface area contributed by atoms with Crippen LogP contribution in [-0.4, -0.2) is 23.5 Å². The summed E-state index contributed by atoms with van der Waals surface area (Å²) in [5.74, 6) is -0.711. The molecular weight excluding hydrogens is 394 g/mol. The van der Waals surface area contributed by atoms with Gasteiger partial charge in [0, 0.05) is 24.1 Å². The fourth-order valence-electron chi connectivity index (χ4n) is 3.04. The summed E-state index contributed by atoms with van der Waals surface area (Å²) in [5, 5.41) is 8.20. The van der Waals surface area contributed by atoms with Gasteiger partial charge in [-0.3, -0.25) is 9.59 Å². The van der Waals surface area contributed by atoms with Gasteiger partial charge in [-0.25, -0.2) is 9.80 Å². The lowest BCUT2D eigenvalue weighted by molar-refractivity contribution is -0.127. The number of esters is 1. The lowest BCUT2D eigenvalue weighted by Gasteiger charge is -2.22. The fraction of sp³-hybridized carbons (Fsp3) is 0.0833. The number of nitrogens with zero attached hydrogens (tertiary/aromatic N) is 2. The van der Waals surface area contributed by atoms with Gasteiger partial charge in [0.1, 0.15) is 11.5 Å². The number of ether oxygens (including phenoxy) is 1. The first-order valence-corrected chi connectivity index (χ1v) is 9.74. The standard InChI is InChI=1S/C24H19N3O4/c28-22-16-15-21(26-27(22)19-9-5-2-6-10-19)24(30)31-20-13-11-18(12-14-20)25-23(29)17-7-3-1-4-8-17/h1-14H,15-16H2,(H,25,29). The number of carbonyl (C=O) groups excluding carboxylic acids is 3. The highest BCUT2D eigenvalue weighted by atomic mass is 16.5. The van der Waals surface area contributed by atoms with E-state index in [0.29, 0.717) is 22.7 Å². The molecule has 1 aliphatic heterocycles. The van der Waals surface area contributed by atoms with Crippen LogP contribution in [0, 0.1) is 0 Å². The molecule has 0 aromatic heterocycles. The average molecular weight is 413 g/mol. The van der Waals surface area contributed by atoms with Gasteiger partial charge >= 0.3 is 5.97 Å². The van der Waals surface area contributed by atoms with Gasteiger partial charge in [0.05, 0.1) is 5.69 Å². The van der Waals surface area contributed by atoms with E-state index < -0.39 is 5.97 Å². The Morgan fingerprint density at radius 3 is 2.16 bits per heavy atom. The third-order valence-corrected chi connectivity index (χ3v) is 4.63. The van der Waals surface area contributed by atoms with Crippen LogP contribution in [0.15, 0.2) is 90.0 Å². The summed E-state index contributed by atoms with van der Waals surface area (Å²) < 4.78 is 5.40. The van der Waals surface area contributed by atoms with E-state index in [0.717, 1.165) is 0 Å². The highest BCUT2D eigenvalue weighted by Gasteiger charge is 2.26. The zero-order valence-corrected chi connectivity index (χ0v) is 16.5.